The summed E-state index contributed by atoms with van der Waals surface area (Å²) in [4.78, 5) is 2.36. The Labute approximate surface area is 169 Å². The van der Waals surface area contributed by atoms with Crippen LogP contribution in [0.25, 0.3) is 22.0 Å². The van der Waals surface area contributed by atoms with E-state index in [1.54, 1.807) is 6.20 Å². The van der Waals surface area contributed by atoms with Gasteiger partial charge in [0, 0.05) is 36.2 Å². The van der Waals surface area contributed by atoms with Gasteiger partial charge in [-0.15, -0.1) is 0 Å². The number of halogens is 1. The first kappa shape index (κ1) is 17.4. The van der Waals surface area contributed by atoms with Gasteiger partial charge >= 0.3 is 0 Å². The summed E-state index contributed by atoms with van der Waals surface area (Å²) in [7, 11) is 2.17. The molecule has 3 aromatic carbocycles. The summed E-state index contributed by atoms with van der Waals surface area (Å²) < 4.78 is 0. The van der Waals surface area contributed by atoms with Crippen molar-refractivity contribution in [2.24, 2.45) is 0 Å². The van der Waals surface area contributed by atoms with Gasteiger partial charge in [0.2, 0.25) is 0 Å². The van der Waals surface area contributed by atoms with E-state index in [-0.39, 0.29) is 5.92 Å². The number of likely N-dealkylation sites (N-methyl/N-ethyl adjacent to an activating group) is 1. The van der Waals surface area contributed by atoms with Gasteiger partial charge in [0.05, 0.1) is 10.7 Å². The Morgan fingerprint density at radius 2 is 1.82 bits per heavy atom. The highest BCUT2D eigenvalue weighted by molar-refractivity contribution is 6.36. The number of hydrogen-bond acceptors (Lipinski definition) is 3. The van der Waals surface area contributed by atoms with Gasteiger partial charge in [-0.3, -0.25) is 0 Å². The first-order valence-corrected chi connectivity index (χ1v) is 9.85. The van der Waals surface area contributed by atoms with E-state index in [1.165, 1.54) is 22.1 Å². The van der Waals surface area contributed by atoms with Gasteiger partial charge in [-0.1, -0.05) is 60.1 Å². The van der Waals surface area contributed by atoms with Gasteiger partial charge in [0.15, 0.2) is 0 Å². The van der Waals surface area contributed by atoms with Crippen molar-refractivity contribution in [3.63, 3.8) is 0 Å². The first-order chi connectivity index (χ1) is 13.7. The highest BCUT2D eigenvalue weighted by Gasteiger charge is 2.27. The lowest BCUT2D eigenvalue weighted by Crippen LogP contribution is -2.31. The van der Waals surface area contributed by atoms with Gasteiger partial charge < -0.3 is 4.90 Å². The van der Waals surface area contributed by atoms with Crippen LogP contribution in [0.5, 0.6) is 0 Å². The van der Waals surface area contributed by atoms with Gasteiger partial charge in [-0.2, -0.15) is 10.2 Å². The second-order valence-corrected chi connectivity index (χ2v) is 7.84. The summed E-state index contributed by atoms with van der Waals surface area (Å²) in [5.41, 5.74) is 5.87. The molecule has 1 atom stereocenters. The summed E-state index contributed by atoms with van der Waals surface area (Å²) in [5.74, 6) is 0.252. The highest BCUT2D eigenvalue weighted by atomic mass is 35.5. The van der Waals surface area contributed by atoms with E-state index in [0.29, 0.717) is 0 Å². The molecule has 28 heavy (non-hydrogen) atoms. The summed E-state index contributed by atoms with van der Waals surface area (Å²) in [6.07, 6.45) is 1.70. The average molecular weight is 386 g/mol. The van der Waals surface area contributed by atoms with E-state index < -0.39 is 0 Å². The zero-order valence-corrected chi connectivity index (χ0v) is 16.4. The molecule has 4 heteroatoms. The fraction of sp³-hybridized carbons (Fsp3) is 0.167. The number of rotatable bonds is 2. The van der Waals surface area contributed by atoms with Gasteiger partial charge in [0.25, 0.3) is 0 Å². The smallest absolute Gasteiger partial charge is 0.0929 e. The van der Waals surface area contributed by atoms with Crippen LogP contribution >= 0.6 is 11.6 Å². The van der Waals surface area contributed by atoms with Crippen molar-refractivity contribution in [2.45, 2.75) is 12.5 Å². The summed E-state index contributed by atoms with van der Waals surface area (Å²) in [6.45, 7) is 1.88. The maximum Gasteiger partial charge on any atom is 0.0929 e. The molecule has 5 rings (SSSR count). The summed E-state index contributed by atoms with van der Waals surface area (Å²) >= 11 is 6.88. The van der Waals surface area contributed by atoms with E-state index in [9.17, 15) is 0 Å². The molecule has 0 bridgehead atoms. The van der Waals surface area contributed by atoms with Crippen LogP contribution in [-0.4, -0.2) is 28.7 Å². The molecular weight excluding hydrogens is 366 g/mol. The summed E-state index contributed by atoms with van der Waals surface area (Å²) in [6, 6.07) is 23.2. The lowest BCUT2D eigenvalue weighted by atomic mass is 9.83. The molecular formula is C24H20ClN3. The number of fused-ring (bicyclic) bond motifs is 2. The van der Waals surface area contributed by atoms with E-state index in [1.807, 2.05) is 18.2 Å². The molecule has 4 aromatic rings. The quantitative estimate of drug-likeness (QED) is 0.454. The third-order valence-corrected chi connectivity index (χ3v) is 6.01. The molecule has 0 N–H and O–H groups in total. The SMILES string of the molecule is CN1Cc2cc(-c3cccnn3)ccc2C(c2ccc3ccccc3c2Cl)C1. The topological polar surface area (TPSA) is 29.0 Å². The molecule has 1 aromatic heterocycles. The molecule has 3 nitrogen and oxygen atoms in total. The molecule has 2 heterocycles. The molecule has 0 amide bonds. The second kappa shape index (κ2) is 7.01. The predicted molar refractivity (Wildman–Crippen MR) is 115 cm³/mol. The van der Waals surface area contributed by atoms with Crippen LogP contribution < -0.4 is 0 Å². The minimum Gasteiger partial charge on any atom is -0.301 e. The third-order valence-electron chi connectivity index (χ3n) is 5.59. The van der Waals surface area contributed by atoms with Crippen LogP contribution in [0, 0.1) is 0 Å². The third kappa shape index (κ3) is 2.97. The van der Waals surface area contributed by atoms with Crippen molar-refractivity contribution in [1.82, 2.24) is 15.1 Å². The van der Waals surface area contributed by atoms with Crippen LogP contribution in [-0.2, 0) is 6.54 Å². The summed E-state index contributed by atoms with van der Waals surface area (Å²) in [5, 5.41) is 11.4. The van der Waals surface area contributed by atoms with Crippen LogP contribution in [0.2, 0.25) is 5.02 Å². The van der Waals surface area contributed by atoms with Crippen molar-refractivity contribution >= 4 is 22.4 Å². The lowest BCUT2D eigenvalue weighted by Gasteiger charge is -2.33. The van der Waals surface area contributed by atoms with Crippen LogP contribution in [0.15, 0.2) is 72.9 Å². The molecule has 1 aliphatic heterocycles. The maximum absolute atomic E-state index is 6.88. The zero-order valence-electron chi connectivity index (χ0n) is 15.6. The molecule has 1 aliphatic rings. The standard InChI is InChI=1S/C24H20ClN3/c1-28-14-18-13-17(23-7-4-12-26-27-23)9-10-19(18)22(15-28)21-11-8-16-5-2-3-6-20(16)24(21)25/h2-13,22H,14-15H2,1H3. The molecule has 0 saturated carbocycles. The van der Waals surface area contributed by atoms with E-state index >= 15 is 0 Å². The molecule has 0 fully saturated rings. The Morgan fingerprint density at radius 3 is 2.68 bits per heavy atom. The zero-order chi connectivity index (χ0) is 19.1. The monoisotopic (exact) mass is 385 g/mol. The molecule has 0 saturated heterocycles. The van der Waals surface area contributed by atoms with Crippen molar-refractivity contribution < 1.29 is 0 Å². The van der Waals surface area contributed by atoms with Gasteiger partial charge in [-0.05, 0) is 47.3 Å². The van der Waals surface area contributed by atoms with Crippen molar-refractivity contribution in [1.29, 1.82) is 0 Å². The predicted octanol–water partition coefficient (Wildman–Crippen LogP) is 5.53. The first-order valence-electron chi connectivity index (χ1n) is 9.47. The Kier molecular flexibility index (Phi) is 4.34. The Morgan fingerprint density at radius 1 is 0.964 bits per heavy atom. The number of hydrogen-bond donors (Lipinski definition) is 0. The second-order valence-electron chi connectivity index (χ2n) is 7.46. The fourth-order valence-corrected chi connectivity index (χ4v) is 4.62. The largest absolute Gasteiger partial charge is 0.301 e. The number of aromatic nitrogens is 2. The molecule has 0 aliphatic carbocycles. The minimum atomic E-state index is 0.252. The molecule has 138 valence electrons. The Balaban J connectivity index is 1.63. The van der Waals surface area contributed by atoms with Crippen LogP contribution in [0.4, 0.5) is 0 Å². The van der Waals surface area contributed by atoms with Crippen molar-refractivity contribution in [3.05, 3.63) is 94.6 Å². The van der Waals surface area contributed by atoms with E-state index in [4.69, 9.17) is 11.6 Å². The molecule has 0 spiro atoms. The number of benzene rings is 3. The van der Waals surface area contributed by atoms with Crippen LogP contribution in [0.1, 0.15) is 22.6 Å². The highest BCUT2D eigenvalue weighted by Crippen LogP contribution is 2.40. The Bertz CT molecular complexity index is 1160. The van der Waals surface area contributed by atoms with E-state index in [2.05, 4.69) is 70.7 Å². The maximum atomic E-state index is 6.88. The van der Waals surface area contributed by atoms with Crippen molar-refractivity contribution in [3.8, 4) is 11.3 Å². The average Bonchev–Trinajstić information content (AvgIpc) is 2.74. The van der Waals surface area contributed by atoms with E-state index in [0.717, 1.165) is 34.8 Å². The minimum absolute atomic E-state index is 0.252. The Hall–Kier alpha value is -2.75. The molecule has 1 unspecified atom stereocenters. The normalized spacial score (nSPS) is 16.9. The van der Waals surface area contributed by atoms with Gasteiger partial charge in [0.1, 0.15) is 0 Å². The molecule has 0 radical (unpaired) electrons. The number of nitrogens with zero attached hydrogens (tertiary/aromatic N) is 3. The lowest BCUT2D eigenvalue weighted by molar-refractivity contribution is 0.295. The fourth-order valence-electron chi connectivity index (χ4n) is 4.25. The van der Waals surface area contributed by atoms with Crippen LogP contribution in [0.3, 0.4) is 0 Å². The van der Waals surface area contributed by atoms with Gasteiger partial charge in [-0.25, -0.2) is 0 Å². The van der Waals surface area contributed by atoms with Crippen molar-refractivity contribution in [2.75, 3.05) is 13.6 Å².